The zero-order chi connectivity index (χ0) is 14.8. The van der Waals surface area contributed by atoms with Gasteiger partial charge in [0.15, 0.2) is 0 Å². The summed E-state index contributed by atoms with van der Waals surface area (Å²) in [5, 5.41) is 0. The molecule has 0 saturated carbocycles. The van der Waals surface area contributed by atoms with E-state index in [-0.39, 0.29) is 17.9 Å². The molecule has 0 heterocycles. The molecule has 0 saturated heterocycles. The van der Waals surface area contributed by atoms with Gasteiger partial charge in [-0.15, -0.1) is 0 Å². The third kappa shape index (κ3) is 2.71. The molecule has 1 amide bonds. The van der Waals surface area contributed by atoms with E-state index in [9.17, 15) is 4.79 Å². The van der Waals surface area contributed by atoms with Gasteiger partial charge < -0.3 is 4.90 Å². The van der Waals surface area contributed by atoms with Crippen LogP contribution in [0.25, 0.3) is 0 Å². The first-order chi connectivity index (χ1) is 10.2. The van der Waals surface area contributed by atoms with Crippen LogP contribution in [0.3, 0.4) is 0 Å². The average molecular weight is 279 g/mol. The second kappa shape index (κ2) is 5.72. The van der Waals surface area contributed by atoms with Crippen molar-refractivity contribution in [2.24, 2.45) is 5.92 Å². The predicted molar refractivity (Wildman–Crippen MR) is 86.4 cm³/mol. The summed E-state index contributed by atoms with van der Waals surface area (Å²) in [5.74, 6) is 0.216. The molecule has 2 aromatic rings. The molecule has 3 rings (SSSR count). The molecule has 1 aliphatic carbocycles. The number of benzene rings is 2. The van der Waals surface area contributed by atoms with E-state index < -0.39 is 0 Å². The van der Waals surface area contributed by atoms with Crippen LogP contribution in [0.2, 0.25) is 0 Å². The highest BCUT2D eigenvalue weighted by atomic mass is 16.2. The second-order valence-corrected chi connectivity index (χ2v) is 6.03. The largest absolute Gasteiger partial charge is 0.308 e. The first-order valence-electron chi connectivity index (χ1n) is 7.61. The number of carbonyl (C=O) groups excluding carboxylic acids is 1. The zero-order valence-corrected chi connectivity index (χ0v) is 12.6. The molecule has 2 aromatic carbocycles. The molecule has 0 radical (unpaired) electrons. The van der Waals surface area contributed by atoms with Crippen LogP contribution in [0.15, 0.2) is 54.6 Å². The molecular formula is C19H21NO. The van der Waals surface area contributed by atoms with Gasteiger partial charge in [0.25, 0.3) is 0 Å². The van der Waals surface area contributed by atoms with Crippen LogP contribution in [-0.2, 0) is 17.6 Å². The Morgan fingerprint density at radius 3 is 2.00 bits per heavy atom. The van der Waals surface area contributed by atoms with Crippen molar-refractivity contribution in [2.75, 3.05) is 4.90 Å². The predicted octanol–water partition coefficient (Wildman–Crippen LogP) is 3.84. The van der Waals surface area contributed by atoms with E-state index in [2.05, 4.69) is 24.3 Å². The van der Waals surface area contributed by atoms with Gasteiger partial charge in [-0.1, -0.05) is 56.3 Å². The number of fused-ring (bicyclic) bond motifs is 1. The minimum absolute atomic E-state index is 0.00826. The number of carbonyl (C=O) groups is 1. The van der Waals surface area contributed by atoms with Gasteiger partial charge in [-0.3, -0.25) is 4.79 Å². The van der Waals surface area contributed by atoms with E-state index in [0.29, 0.717) is 0 Å². The molecule has 2 nitrogen and oxygen atoms in total. The molecule has 0 atom stereocenters. The summed E-state index contributed by atoms with van der Waals surface area (Å²) in [6.45, 7) is 3.95. The van der Waals surface area contributed by atoms with Gasteiger partial charge in [-0.25, -0.2) is 0 Å². The summed E-state index contributed by atoms with van der Waals surface area (Å²) < 4.78 is 0. The van der Waals surface area contributed by atoms with Crippen molar-refractivity contribution in [2.45, 2.75) is 32.7 Å². The van der Waals surface area contributed by atoms with Crippen molar-refractivity contribution in [1.82, 2.24) is 0 Å². The van der Waals surface area contributed by atoms with Crippen LogP contribution in [0.4, 0.5) is 5.69 Å². The summed E-state index contributed by atoms with van der Waals surface area (Å²) in [4.78, 5) is 14.7. The Morgan fingerprint density at radius 1 is 0.952 bits per heavy atom. The number of nitrogens with zero attached hydrogens (tertiary/aromatic N) is 1. The van der Waals surface area contributed by atoms with Crippen molar-refractivity contribution >= 4 is 11.6 Å². The molecular weight excluding hydrogens is 258 g/mol. The minimum atomic E-state index is 0.00826. The van der Waals surface area contributed by atoms with Crippen LogP contribution in [0.5, 0.6) is 0 Å². The van der Waals surface area contributed by atoms with Crippen molar-refractivity contribution < 1.29 is 4.79 Å². The Morgan fingerprint density at radius 2 is 1.48 bits per heavy atom. The lowest BCUT2D eigenvalue weighted by Gasteiger charge is -2.30. The molecule has 1 aliphatic rings. The zero-order valence-electron chi connectivity index (χ0n) is 12.6. The lowest BCUT2D eigenvalue weighted by atomic mass is 10.1. The van der Waals surface area contributed by atoms with Crippen LogP contribution in [-0.4, -0.2) is 11.9 Å². The number of anilines is 1. The second-order valence-electron chi connectivity index (χ2n) is 6.03. The van der Waals surface area contributed by atoms with Crippen molar-refractivity contribution in [1.29, 1.82) is 0 Å². The van der Waals surface area contributed by atoms with E-state index >= 15 is 0 Å². The first-order valence-corrected chi connectivity index (χ1v) is 7.61. The molecule has 0 unspecified atom stereocenters. The van der Waals surface area contributed by atoms with Crippen LogP contribution >= 0.6 is 0 Å². The Kier molecular flexibility index (Phi) is 3.78. The number of amides is 1. The molecule has 0 aromatic heterocycles. The number of hydrogen-bond acceptors (Lipinski definition) is 1. The SMILES string of the molecule is CC(C)C(=O)N(c1ccccc1)C1Cc2ccccc2C1. The fraction of sp³-hybridized carbons (Fsp3) is 0.316. The molecule has 0 N–H and O–H groups in total. The first kappa shape index (κ1) is 13.9. The van der Waals surface area contributed by atoms with E-state index in [0.717, 1.165) is 18.5 Å². The fourth-order valence-corrected chi connectivity index (χ4v) is 3.10. The summed E-state index contributed by atoms with van der Waals surface area (Å²) in [5.41, 5.74) is 3.76. The standard InChI is InChI=1S/C19H21NO/c1-14(2)19(21)20(17-10-4-3-5-11-17)18-12-15-8-6-7-9-16(15)13-18/h3-11,14,18H,12-13H2,1-2H3. The minimum Gasteiger partial charge on any atom is -0.308 e. The van der Waals surface area contributed by atoms with Gasteiger partial charge in [-0.2, -0.15) is 0 Å². The van der Waals surface area contributed by atoms with Crippen LogP contribution in [0, 0.1) is 5.92 Å². The lowest BCUT2D eigenvalue weighted by Crippen LogP contribution is -2.43. The smallest absolute Gasteiger partial charge is 0.229 e. The van der Waals surface area contributed by atoms with Gasteiger partial charge in [-0.05, 0) is 36.1 Å². The van der Waals surface area contributed by atoms with Gasteiger partial charge >= 0.3 is 0 Å². The van der Waals surface area contributed by atoms with Gasteiger partial charge in [0.1, 0.15) is 0 Å². The highest BCUT2D eigenvalue weighted by molar-refractivity contribution is 5.95. The van der Waals surface area contributed by atoms with Gasteiger partial charge in [0.2, 0.25) is 5.91 Å². The summed E-state index contributed by atoms with van der Waals surface area (Å²) >= 11 is 0. The molecule has 0 aliphatic heterocycles. The van der Waals surface area contributed by atoms with E-state index in [1.54, 1.807) is 0 Å². The monoisotopic (exact) mass is 279 g/mol. The Labute approximate surface area is 126 Å². The van der Waals surface area contributed by atoms with Crippen LogP contribution in [0.1, 0.15) is 25.0 Å². The third-order valence-electron chi connectivity index (χ3n) is 4.16. The Hall–Kier alpha value is -2.09. The topological polar surface area (TPSA) is 20.3 Å². The highest BCUT2D eigenvalue weighted by Gasteiger charge is 2.31. The number of hydrogen-bond donors (Lipinski definition) is 0. The Balaban J connectivity index is 1.93. The summed E-state index contributed by atoms with van der Waals surface area (Å²) in [7, 11) is 0. The molecule has 108 valence electrons. The molecule has 21 heavy (non-hydrogen) atoms. The van der Waals surface area contributed by atoms with Crippen LogP contribution < -0.4 is 4.90 Å². The maximum Gasteiger partial charge on any atom is 0.229 e. The number of rotatable bonds is 3. The van der Waals surface area contributed by atoms with Crippen molar-refractivity contribution in [3.05, 3.63) is 65.7 Å². The van der Waals surface area contributed by atoms with Crippen molar-refractivity contribution in [3.63, 3.8) is 0 Å². The van der Waals surface area contributed by atoms with Gasteiger partial charge in [0, 0.05) is 17.6 Å². The quantitative estimate of drug-likeness (QED) is 0.836. The molecule has 0 bridgehead atoms. The van der Waals surface area contributed by atoms with E-state index in [4.69, 9.17) is 0 Å². The highest BCUT2D eigenvalue weighted by Crippen LogP contribution is 2.30. The summed E-state index contributed by atoms with van der Waals surface area (Å²) in [6, 6.07) is 18.8. The van der Waals surface area contributed by atoms with E-state index in [1.807, 2.05) is 49.1 Å². The average Bonchev–Trinajstić information content (AvgIpc) is 2.91. The molecule has 0 fully saturated rings. The lowest BCUT2D eigenvalue weighted by molar-refractivity contribution is -0.121. The fourth-order valence-electron chi connectivity index (χ4n) is 3.10. The van der Waals surface area contributed by atoms with Crippen molar-refractivity contribution in [3.8, 4) is 0 Å². The normalized spacial score (nSPS) is 14.2. The molecule has 2 heteroatoms. The maximum atomic E-state index is 12.7. The summed E-state index contributed by atoms with van der Waals surface area (Å²) in [6.07, 6.45) is 1.90. The third-order valence-corrected chi connectivity index (χ3v) is 4.16. The Bertz CT molecular complexity index is 608. The molecule has 0 spiro atoms. The van der Waals surface area contributed by atoms with Gasteiger partial charge in [0.05, 0.1) is 0 Å². The van der Waals surface area contributed by atoms with E-state index in [1.165, 1.54) is 11.1 Å². The maximum absolute atomic E-state index is 12.7. The number of para-hydroxylation sites is 1.